The quantitative estimate of drug-likeness (QED) is 0.839. The highest BCUT2D eigenvalue weighted by molar-refractivity contribution is 7.89. The number of thiazole rings is 1. The maximum absolute atomic E-state index is 12.2. The summed E-state index contributed by atoms with van der Waals surface area (Å²) in [5.41, 5.74) is 1.32. The van der Waals surface area contributed by atoms with E-state index < -0.39 is 10.0 Å². The Hall–Kier alpha value is -0.990. The maximum Gasteiger partial charge on any atom is 0.240 e. The summed E-state index contributed by atoms with van der Waals surface area (Å²) in [6.07, 6.45) is 0.540. The Morgan fingerprint density at radius 3 is 2.81 bits per heavy atom. The summed E-state index contributed by atoms with van der Waals surface area (Å²) in [6.45, 7) is 1.86. The molecule has 0 spiro atoms. The number of aliphatic hydroxyl groups is 1. The van der Waals surface area contributed by atoms with Crippen molar-refractivity contribution < 1.29 is 13.5 Å². The monoisotopic (exact) mass is 346 g/mol. The normalized spacial score (nSPS) is 11.8. The van der Waals surface area contributed by atoms with Crippen molar-refractivity contribution in [1.82, 2.24) is 9.71 Å². The zero-order valence-electron chi connectivity index (χ0n) is 11.3. The van der Waals surface area contributed by atoms with E-state index in [1.54, 1.807) is 0 Å². The minimum Gasteiger partial charge on any atom is -0.392 e. The van der Waals surface area contributed by atoms with Crippen molar-refractivity contribution >= 4 is 33.0 Å². The standard InChI is InChI=1S/C13H15ClN2O3S2/c1-9-8-20-13(16-9)4-5-15-21(18,19)11-2-3-12(14)10(6-11)7-17/h2-3,6,8,15,17H,4-5,7H2,1H3. The smallest absolute Gasteiger partial charge is 0.240 e. The van der Waals surface area contributed by atoms with Gasteiger partial charge in [0, 0.05) is 29.1 Å². The fraction of sp³-hybridized carbons (Fsp3) is 0.308. The zero-order valence-corrected chi connectivity index (χ0v) is 13.7. The predicted octanol–water partition coefficient (Wildman–Crippen LogP) is 2.12. The van der Waals surface area contributed by atoms with Gasteiger partial charge in [-0.25, -0.2) is 18.1 Å². The lowest BCUT2D eigenvalue weighted by molar-refractivity contribution is 0.281. The number of halogens is 1. The first-order valence-corrected chi connectivity index (χ1v) is 8.96. The van der Waals surface area contributed by atoms with Crippen LogP contribution >= 0.6 is 22.9 Å². The van der Waals surface area contributed by atoms with Gasteiger partial charge in [-0.05, 0) is 30.7 Å². The van der Waals surface area contributed by atoms with Crippen LogP contribution < -0.4 is 4.72 Å². The van der Waals surface area contributed by atoms with Crippen LogP contribution in [0.2, 0.25) is 5.02 Å². The number of hydrogen-bond donors (Lipinski definition) is 2. The summed E-state index contributed by atoms with van der Waals surface area (Å²) in [7, 11) is -3.62. The van der Waals surface area contributed by atoms with Crippen molar-refractivity contribution in [1.29, 1.82) is 0 Å². The second-order valence-electron chi connectivity index (χ2n) is 4.44. The summed E-state index contributed by atoms with van der Waals surface area (Å²) in [4.78, 5) is 4.36. The van der Waals surface area contributed by atoms with Crippen molar-refractivity contribution in [3.05, 3.63) is 44.9 Å². The highest BCUT2D eigenvalue weighted by Gasteiger charge is 2.15. The van der Waals surface area contributed by atoms with Gasteiger partial charge in [-0.3, -0.25) is 0 Å². The molecule has 0 aliphatic heterocycles. The van der Waals surface area contributed by atoms with Crippen LogP contribution in [0.3, 0.4) is 0 Å². The molecule has 1 aromatic heterocycles. The number of benzene rings is 1. The highest BCUT2D eigenvalue weighted by Crippen LogP contribution is 2.20. The Morgan fingerprint density at radius 2 is 2.19 bits per heavy atom. The van der Waals surface area contributed by atoms with E-state index in [1.165, 1.54) is 29.5 Å². The van der Waals surface area contributed by atoms with Crippen LogP contribution in [0.15, 0.2) is 28.5 Å². The summed E-state index contributed by atoms with van der Waals surface area (Å²) >= 11 is 7.36. The van der Waals surface area contributed by atoms with Gasteiger partial charge in [-0.2, -0.15) is 0 Å². The molecule has 0 saturated heterocycles. The van der Waals surface area contributed by atoms with E-state index in [1.807, 2.05) is 12.3 Å². The van der Waals surface area contributed by atoms with Crippen molar-refractivity contribution in [2.75, 3.05) is 6.54 Å². The molecule has 2 rings (SSSR count). The zero-order chi connectivity index (χ0) is 15.5. The molecule has 0 aliphatic rings. The first-order chi connectivity index (χ1) is 9.92. The lowest BCUT2D eigenvalue weighted by atomic mass is 10.2. The first kappa shape index (κ1) is 16.4. The Balaban J connectivity index is 2.04. The third-order valence-corrected chi connectivity index (χ3v) is 5.65. The number of hydrogen-bond acceptors (Lipinski definition) is 5. The van der Waals surface area contributed by atoms with Crippen molar-refractivity contribution in [3.8, 4) is 0 Å². The summed E-state index contributed by atoms with van der Waals surface area (Å²) in [6, 6.07) is 4.25. The van der Waals surface area contributed by atoms with Gasteiger partial charge >= 0.3 is 0 Å². The summed E-state index contributed by atoms with van der Waals surface area (Å²) in [5, 5.41) is 12.3. The van der Waals surface area contributed by atoms with Gasteiger partial charge in [-0.15, -0.1) is 11.3 Å². The van der Waals surface area contributed by atoms with E-state index in [4.69, 9.17) is 16.7 Å². The fourth-order valence-corrected chi connectivity index (χ4v) is 3.77. The molecular formula is C13H15ClN2O3S2. The molecule has 0 amide bonds. The molecule has 5 nitrogen and oxygen atoms in total. The van der Waals surface area contributed by atoms with E-state index in [0.29, 0.717) is 17.0 Å². The molecule has 114 valence electrons. The van der Waals surface area contributed by atoms with Crippen molar-refractivity contribution in [3.63, 3.8) is 0 Å². The first-order valence-electron chi connectivity index (χ1n) is 6.22. The van der Waals surface area contributed by atoms with Crippen LogP contribution in [0.4, 0.5) is 0 Å². The Kier molecular flexibility index (Phi) is 5.34. The number of aryl methyl sites for hydroxylation is 1. The molecule has 0 fully saturated rings. The summed E-state index contributed by atoms with van der Waals surface area (Å²) in [5.74, 6) is 0. The number of rotatable bonds is 6. The molecule has 1 aromatic carbocycles. The summed E-state index contributed by atoms with van der Waals surface area (Å²) < 4.78 is 26.8. The van der Waals surface area contributed by atoms with Crippen LogP contribution in [0.5, 0.6) is 0 Å². The minimum atomic E-state index is -3.62. The Bertz CT molecular complexity index is 729. The van der Waals surface area contributed by atoms with Crippen LogP contribution in [0.25, 0.3) is 0 Å². The molecule has 0 atom stereocenters. The molecule has 0 radical (unpaired) electrons. The lowest BCUT2D eigenvalue weighted by Gasteiger charge is -2.08. The van der Waals surface area contributed by atoms with E-state index in [9.17, 15) is 8.42 Å². The lowest BCUT2D eigenvalue weighted by Crippen LogP contribution is -2.26. The molecule has 0 aliphatic carbocycles. The van der Waals surface area contributed by atoms with Crippen LogP contribution in [-0.2, 0) is 23.1 Å². The number of nitrogens with zero attached hydrogens (tertiary/aromatic N) is 1. The second kappa shape index (κ2) is 6.85. The molecule has 0 bridgehead atoms. The van der Waals surface area contributed by atoms with E-state index >= 15 is 0 Å². The molecule has 2 N–H and O–H groups in total. The average Bonchev–Trinajstić information content (AvgIpc) is 2.84. The Labute approximate surface area is 132 Å². The fourth-order valence-electron chi connectivity index (χ4n) is 1.73. The second-order valence-corrected chi connectivity index (χ2v) is 7.56. The third kappa shape index (κ3) is 4.24. The predicted molar refractivity (Wildman–Crippen MR) is 83.1 cm³/mol. The van der Waals surface area contributed by atoms with Crippen LogP contribution in [-0.4, -0.2) is 25.1 Å². The van der Waals surface area contributed by atoms with Crippen LogP contribution in [0, 0.1) is 6.92 Å². The van der Waals surface area contributed by atoms with Gasteiger partial charge in [0.2, 0.25) is 10.0 Å². The van der Waals surface area contributed by atoms with Gasteiger partial charge < -0.3 is 5.11 Å². The topological polar surface area (TPSA) is 79.3 Å². The molecule has 0 unspecified atom stereocenters. The van der Waals surface area contributed by atoms with E-state index in [0.717, 1.165) is 10.7 Å². The largest absolute Gasteiger partial charge is 0.392 e. The van der Waals surface area contributed by atoms with Gasteiger partial charge in [-0.1, -0.05) is 11.6 Å². The molecular weight excluding hydrogens is 332 g/mol. The minimum absolute atomic E-state index is 0.0891. The number of aliphatic hydroxyl groups excluding tert-OH is 1. The third-order valence-electron chi connectivity index (χ3n) is 2.80. The van der Waals surface area contributed by atoms with Crippen LogP contribution in [0.1, 0.15) is 16.3 Å². The number of sulfonamides is 1. The Morgan fingerprint density at radius 1 is 1.43 bits per heavy atom. The number of aromatic nitrogens is 1. The van der Waals surface area contributed by atoms with Gasteiger partial charge in [0.25, 0.3) is 0 Å². The molecule has 2 aromatic rings. The van der Waals surface area contributed by atoms with Crippen molar-refractivity contribution in [2.45, 2.75) is 24.8 Å². The molecule has 8 heteroatoms. The van der Waals surface area contributed by atoms with Gasteiger partial charge in [0.05, 0.1) is 16.5 Å². The van der Waals surface area contributed by atoms with Crippen molar-refractivity contribution in [2.24, 2.45) is 0 Å². The van der Waals surface area contributed by atoms with E-state index in [-0.39, 0.29) is 18.0 Å². The van der Waals surface area contributed by atoms with E-state index in [2.05, 4.69) is 9.71 Å². The van der Waals surface area contributed by atoms with Gasteiger partial charge in [0.15, 0.2) is 0 Å². The average molecular weight is 347 g/mol. The highest BCUT2D eigenvalue weighted by atomic mass is 35.5. The molecule has 0 saturated carbocycles. The maximum atomic E-state index is 12.2. The SMILES string of the molecule is Cc1csc(CCNS(=O)(=O)c2ccc(Cl)c(CO)c2)n1. The number of nitrogens with one attached hydrogen (secondary N) is 1. The molecule has 21 heavy (non-hydrogen) atoms. The van der Waals surface area contributed by atoms with Gasteiger partial charge in [0.1, 0.15) is 0 Å². The molecule has 1 heterocycles.